The quantitative estimate of drug-likeness (QED) is 0.387. The Kier molecular flexibility index (Phi) is 1.69. The van der Waals surface area contributed by atoms with Gasteiger partial charge in [0, 0.05) is 17.7 Å². The molecule has 0 amide bonds. The molecule has 2 unspecified atom stereocenters. The summed E-state index contributed by atoms with van der Waals surface area (Å²) < 4.78 is 11.5. The molecule has 1 nitrogen and oxygen atoms in total. The highest BCUT2D eigenvalue weighted by atomic mass is 31.2. The summed E-state index contributed by atoms with van der Waals surface area (Å²) in [4.78, 5) is 0. The monoisotopic (exact) mass is 156 g/mol. The van der Waals surface area contributed by atoms with Gasteiger partial charge in [0.25, 0.3) is 0 Å². The smallest absolute Gasteiger partial charge is 0.0863 e. The zero-order valence-electron chi connectivity index (χ0n) is 6.55. The zero-order chi connectivity index (χ0) is 7.83. The maximum Gasteiger partial charge on any atom is 0.0863 e. The predicted octanol–water partition coefficient (Wildman–Crippen LogP) is 2.02. The molecule has 0 aliphatic carbocycles. The Morgan fingerprint density at radius 1 is 1.70 bits per heavy atom. The molecule has 2 heteroatoms. The van der Waals surface area contributed by atoms with Crippen molar-refractivity contribution in [3.8, 4) is 12.3 Å². The first-order valence-corrected chi connectivity index (χ1v) is 6.03. The van der Waals surface area contributed by atoms with E-state index < -0.39 is 7.14 Å². The van der Waals surface area contributed by atoms with Crippen molar-refractivity contribution >= 4 is 7.14 Å². The van der Waals surface area contributed by atoms with Gasteiger partial charge in [-0.25, -0.2) is 0 Å². The summed E-state index contributed by atoms with van der Waals surface area (Å²) in [7, 11) is -1.82. The van der Waals surface area contributed by atoms with Gasteiger partial charge in [0.05, 0.1) is 7.14 Å². The highest BCUT2D eigenvalue weighted by Gasteiger charge is 2.37. The fourth-order valence-corrected chi connectivity index (χ4v) is 4.35. The molecule has 0 bridgehead atoms. The molecule has 0 spiro atoms. The minimum absolute atomic E-state index is 0.0652. The molecule has 0 saturated carbocycles. The Morgan fingerprint density at radius 2 is 2.30 bits per heavy atom. The van der Waals surface area contributed by atoms with Crippen LogP contribution in [0.2, 0.25) is 0 Å². The van der Waals surface area contributed by atoms with Gasteiger partial charge in [-0.3, -0.25) is 0 Å². The number of rotatable bonds is 0. The molecule has 1 aliphatic heterocycles. The van der Waals surface area contributed by atoms with Crippen LogP contribution in [-0.2, 0) is 4.57 Å². The molecular weight excluding hydrogens is 143 g/mol. The van der Waals surface area contributed by atoms with Gasteiger partial charge in [0.2, 0.25) is 0 Å². The van der Waals surface area contributed by atoms with Gasteiger partial charge in [0.1, 0.15) is 0 Å². The molecule has 0 aromatic heterocycles. The SMILES string of the molecule is C#CC1(C)CCP(C)(=O)C1. The predicted molar refractivity (Wildman–Crippen MR) is 44.8 cm³/mol. The molecule has 1 heterocycles. The first-order chi connectivity index (χ1) is 4.47. The first-order valence-electron chi connectivity index (χ1n) is 3.51. The van der Waals surface area contributed by atoms with E-state index in [-0.39, 0.29) is 5.41 Å². The summed E-state index contributed by atoms with van der Waals surface area (Å²) in [6.45, 7) is 3.88. The Hall–Kier alpha value is -0.210. The van der Waals surface area contributed by atoms with E-state index >= 15 is 0 Å². The third-order valence-corrected chi connectivity index (χ3v) is 4.70. The van der Waals surface area contributed by atoms with E-state index in [0.717, 1.165) is 18.7 Å². The van der Waals surface area contributed by atoms with Gasteiger partial charge in [-0.05, 0) is 20.0 Å². The number of hydrogen-bond acceptors (Lipinski definition) is 1. The van der Waals surface area contributed by atoms with E-state index in [9.17, 15) is 4.57 Å². The summed E-state index contributed by atoms with van der Waals surface area (Å²) in [5, 5.41) is 0. The lowest BCUT2D eigenvalue weighted by molar-refractivity contribution is 0.517. The summed E-state index contributed by atoms with van der Waals surface area (Å²) in [5.74, 6) is 2.72. The highest BCUT2D eigenvalue weighted by molar-refractivity contribution is 7.63. The molecule has 2 atom stereocenters. The van der Waals surface area contributed by atoms with Crippen molar-refractivity contribution in [2.45, 2.75) is 13.3 Å². The zero-order valence-corrected chi connectivity index (χ0v) is 7.45. The van der Waals surface area contributed by atoms with Gasteiger partial charge in [-0.1, -0.05) is 5.92 Å². The van der Waals surface area contributed by atoms with Gasteiger partial charge >= 0.3 is 0 Å². The van der Waals surface area contributed by atoms with Crippen LogP contribution in [0.1, 0.15) is 13.3 Å². The molecular formula is C8H13OP. The largest absolute Gasteiger partial charge is 0.324 e. The van der Waals surface area contributed by atoms with Crippen molar-refractivity contribution in [3.05, 3.63) is 0 Å². The standard InChI is InChI=1S/C8H13OP/c1-4-8(2)5-6-10(3,9)7-8/h1H,5-7H2,2-3H3. The second-order valence-corrected chi connectivity index (χ2v) is 6.99. The number of hydrogen-bond donors (Lipinski definition) is 0. The molecule has 0 N–H and O–H groups in total. The van der Waals surface area contributed by atoms with Crippen molar-refractivity contribution in [2.75, 3.05) is 19.0 Å². The minimum atomic E-state index is -1.82. The van der Waals surface area contributed by atoms with Gasteiger partial charge in [0.15, 0.2) is 0 Å². The maximum atomic E-state index is 11.5. The average molecular weight is 156 g/mol. The van der Waals surface area contributed by atoms with Crippen LogP contribution in [0.5, 0.6) is 0 Å². The number of terminal acetylenes is 1. The molecule has 1 saturated heterocycles. The topological polar surface area (TPSA) is 17.1 Å². The first kappa shape index (κ1) is 7.89. The Labute approximate surface area is 62.6 Å². The Morgan fingerprint density at radius 3 is 2.50 bits per heavy atom. The highest BCUT2D eigenvalue weighted by Crippen LogP contribution is 2.55. The molecule has 1 aliphatic rings. The van der Waals surface area contributed by atoms with Crippen LogP contribution >= 0.6 is 7.14 Å². The second-order valence-electron chi connectivity index (χ2n) is 3.63. The maximum absolute atomic E-state index is 11.5. The second kappa shape index (κ2) is 2.14. The lowest BCUT2D eigenvalue weighted by atomic mass is 9.92. The van der Waals surface area contributed by atoms with Gasteiger partial charge < -0.3 is 4.57 Å². The Bertz CT molecular complexity index is 226. The van der Waals surface area contributed by atoms with E-state index in [1.807, 2.05) is 13.6 Å². The fraction of sp³-hybridized carbons (Fsp3) is 0.750. The molecule has 0 radical (unpaired) electrons. The third-order valence-electron chi connectivity index (χ3n) is 2.17. The Balaban J connectivity index is 2.79. The van der Waals surface area contributed by atoms with Crippen molar-refractivity contribution < 1.29 is 4.57 Å². The fourth-order valence-electron chi connectivity index (χ4n) is 1.50. The normalized spacial score (nSPS) is 46.9. The van der Waals surface area contributed by atoms with Crippen molar-refractivity contribution in [1.29, 1.82) is 0 Å². The molecule has 10 heavy (non-hydrogen) atoms. The summed E-state index contributed by atoms with van der Waals surface area (Å²) in [6.07, 6.45) is 7.85. The van der Waals surface area contributed by atoms with Gasteiger partial charge in [-0.15, -0.1) is 6.42 Å². The minimum Gasteiger partial charge on any atom is -0.324 e. The molecule has 1 rings (SSSR count). The van der Waals surface area contributed by atoms with Gasteiger partial charge in [-0.2, -0.15) is 0 Å². The third kappa shape index (κ3) is 1.44. The van der Waals surface area contributed by atoms with Crippen LogP contribution < -0.4 is 0 Å². The lowest BCUT2D eigenvalue weighted by Gasteiger charge is -2.13. The van der Waals surface area contributed by atoms with E-state index in [2.05, 4.69) is 5.92 Å². The van der Waals surface area contributed by atoms with Crippen LogP contribution in [0.15, 0.2) is 0 Å². The summed E-state index contributed by atoms with van der Waals surface area (Å²) in [6, 6.07) is 0. The van der Waals surface area contributed by atoms with E-state index in [0.29, 0.717) is 0 Å². The summed E-state index contributed by atoms with van der Waals surface area (Å²) in [5.41, 5.74) is -0.0652. The average Bonchev–Trinajstić information content (AvgIpc) is 2.08. The van der Waals surface area contributed by atoms with E-state index in [1.165, 1.54) is 0 Å². The van der Waals surface area contributed by atoms with E-state index in [4.69, 9.17) is 6.42 Å². The van der Waals surface area contributed by atoms with Crippen LogP contribution in [0, 0.1) is 17.8 Å². The van der Waals surface area contributed by atoms with Crippen LogP contribution in [0.3, 0.4) is 0 Å². The molecule has 0 aromatic carbocycles. The van der Waals surface area contributed by atoms with Crippen LogP contribution in [0.4, 0.5) is 0 Å². The van der Waals surface area contributed by atoms with E-state index in [1.54, 1.807) is 0 Å². The van der Waals surface area contributed by atoms with Crippen molar-refractivity contribution in [3.63, 3.8) is 0 Å². The lowest BCUT2D eigenvalue weighted by Crippen LogP contribution is -2.11. The summed E-state index contributed by atoms with van der Waals surface area (Å²) >= 11 is 0. The molecule has 56 valence electrons. The molecule has 0 aromatic rings. The molecule has 1 fully saturated rings. The van der Waals surface area contributed by atoms with Crippen LogP contribution in [-0.4, -0.2) is 19.0 Å². The van der Waals surface area contributed by atoms with Crippen LogP contribution in [0.25, 0.3) is 0 Å². The van der Waals surface area contributed by atoms with Crippen molar-refractivity contribution in [1.82, 2.24) is 0 Å². The van der Waals surface area contributed by atoms with Crippen molar-refractivity contribution in [2.24, 2.45) is 5.41 Å².